The summed E-state index contributed by atoms with van der Waals surface area (Å²) in [6.45, 7) is 15.9. The molecule has 6 heteroatoms. The summed E-state index contributed by atoms with van der Waals surface area (Å²) >= 11 is 0. The molecule has 68 heavy (non-hydrogen) atoms. The van der Waals surface area contributed by atoms with Crippen molar-refractivity contribution in [2.24, 2.45) is 0 Å². The Morgan fingerprint density at radius 2 is 1.10 bits per heavy atom. The van der Waals surface area contributed by atoms with Crippen LogP contribution in [0.4, 0.5) is 57.0 Å². The zero-order valence-corrected chi connectivity index (χ0v) is 41.5. The third-order valence-corrected chi connectivity index (χ3v) is 12.9. The van der Waals surface area contributed by atoms with Crippen molar-refractivity contribution in [1.82, 2.24) is 4.98 Å². The fourth-order valence-corrected chi connectivity index (χ4v) is 9.57. The van der Waals surface area contributed by atoms with E-state index in [1.165, 1.54) is 22.4 Å². The fraction of sp³-hybridized carbons (Fsp3) is 0.129. The van der Waals surface area contributed by atoms with Crippen molar-refractivity contribution >= 4 is 57.0 Å². The van der Waals surface area contributed by atoms with E-state index in [9.17, 15) is 0 Å². The molecule has 0 spiro atoms. The van der Waals surface area contributed by atoms with E-state index in [1.807, 2.05) is 12.3 Å². The maximum Gasteiger partial charge on any atom is 0.135 e. The van der Waals surface area contributed by atoms with Crippen LogP contribution in [0.3, 0.4) is 0 Å². The number of pyridine rings is 1. The van der Waals surface area contributed by atoms with Gasteiger partial charge in [-0.1, -0.05) is 179 Å². The third-order valence-electron chi connectivity index (χ3n) is 12.9. The van der Waals surface area contributed by atoms with Crippen LogP contribution >= 0.6 is 0 Å². The van der Waals surface area contributed by atoms with E-state index < -0.39 is 0 Å². The second-order valence-electron chi connectivity index (χ2n) is 19.4. The Morgan fingerprint density at radius 1 is 0.471 bits per heavy atom. The van der Waals surface area contributed by atoms with Crippen molar-refractivity contribution in [3.8, 4) is 33.4 Å². The molecular formula is C62H52N5Pt-3. The molecule has 1 aromatic heterocycles. The third kappa shape index (κ3) is 8.09. The maximum absolute atomic E-state index is 5.01. The molecule has 0 saturated carbocycles. The number of rotatable bonds is 7. The van der Waals surface area contributed by atoms with Crippen molar-refractivity contribution in [3.63, 3.8) is 0 Å². The molecule has 2 aliphatic rings. The first-order valence-corrected chi connectivity index (χ1v) is 23.1. The van der Waals surface area contributed by atoms with Gasteiger partial charge in [-0.25, -0.2) is 4.98 Å². The van der Waals surface area contributed by atoms with Crippen molar-refractivity contribution in [2.75, 3.05) is 19.6 Å². The first-order chi connectivity index (χ1) is 32.5. The second-order valence-corrected chi connectivity index (χ2v) is 19.4. The molecular weight excluding hydrogens is 1010 g/mol. The topological polar surface area (TPSA) is 25.9 Å². The maximum atomic E-state index is 5.01. The average Bonchev–Trinajstić information content (AvgIpc) is 3.69. The first kappa shape index (κ1) is 44.6. The summed E-state index contributed by atoms with van der Waals surface area (Å²) in [5, 5.41) is 0. The predicted molar refractivity (Wildman–Crippen MR) is 280 cm³/mol. The van der Waals surface area contributed by atoms with Gasteiger partial charge in [-0.15, -0.1) is 53.8 Å². The van der Waals surface area contributed by atoms with Gasteiger partial charge in [-0.3, -0.25) is 0 Å². The number of hydrogen-bond donors (Lipinski definition) is 0. The van der Waals surface area contributed by atoms with Gasteiger partial charge in [0.15, 0.2) is 0 Å². The minimum Gasteiger partial charge on any atom is -0.493 e. The molecule has 5 nitrogen and oxygen atoms in total. The number of fused-ring (bicyclic) bond motifs is 6. The monoisotopic (exact) mass is 1060 g/mol. The number of hydrogen-bond acceptors (Lipinski definition) is 5. The molecule has 0 radical (unpaired) electrons. The molecule has 8 aromatic carbocycles. The second kappa shape index (κ2) is 17.8. The Balaban J connectivity index is 0.00000539. The van der Waals surface area contributed by atoms with Crippen LogP contribution in [0.2, 0.25) is 0 Å². The molecule has 0 unspecified atom stereocenters. The van der Waals surface area contributed by atoms with Crippen molar-refractivity contribution in [1.29, 1.82) is 0 Å². The van der Waals surface area contributed by atoms with Gasteiger partial charge in [0.05, 0.1) is 5.69 Å². The Morgan fingerprint density at radius 3 is 1.79 bits per heavy atom. The van der Waals surface area contributed by atoms with E-state index in [1.54, 1.807) is 0 Å². The number of anilines is 10. The van der Waals surface area contributed by atoms with Gasteiger partial charge < -0.3 is 19.6 Å². The molecule has 0 atom stereocenters. The van der Waals surface area contributed by atoms with E-state index >= 15 is 0 Å². The fourth-order valence-electron chi connectivity index (χ4n) is 9.57. The summed E-state index contributed by atoms with van der Waals surface area (Å²) in [4.78, 5) is 14.2. The molecule has 0 aliphatic carbocycles. The van der Waals surface area contributed by atoms with E-state index in [-0.39, 0.29) is 31.9 Å². The van der Waals surface area contributed by atoms with Crippen LogP contribution in [0.15, 0.2) is 200 Å². The van der Waals surface area contributed by atoms with Crippen LogP contribution in [-0.4, -0.2) is 4.98 Å². The minimum absolute atomic E-state index is 0. The Labute approximate surface area is 416 Å². The van der Waals surface area contributed by atoms with E-state index in [0.717, 1.165) is 79.1 Å². The summed E-state index contributed by atoms with van der Waals surface area (Å²) in [5.74, 6) is 0.814. The Hall–Kier alpha value is -7.20. The Bertz CT molecular complexity index is 3260. The zero-order chi connectivity index (χ0) is 45.9. The Kier molecular flexibility index (Phi) is 11.7. The van der Waals surface area contributed by atoms with Gasteiger partial charge in [-0.05, 0) is 87.7 Å². The van der Waals surface area contributed by atoms with Crippen LogP contribution in [0.5, 0.6) is 0 Å². The summed E-state index contributed by atoms with van der Waals surface area (Å²) in [6.07, 6.45) is 1.87. The molecule has 0 N–H and O–H groups in total. The SMILES string of the molecule is CC(C)(C)c1cc(N2[CH-]N(c3ccccc3C(C)(C)C)c3ccccc32)[c-]c(N(c2[c-]c3c(cc2)-c2ccccc2-c2cc(-c4ccccc4)ccc2N3c2ccccn2)c2ccccc2)c1.[Pt]. The number of nitrogens with zero attached hydrogens (tertiary/aromatic N) is 5. The summed E-state index contributed by atoms with van der Waals surface area (Å²) in [5.41, 5.74) is 18.2. The minimum atomic E-state index is -0.183. The molecule has 3 heterocycles. The molecule has 0 saturated heterocycles. The number of benzene rings is 8. The number of para-hydroxylation sites is 4. The van der Waals surface area contributed by atoms with Gasteiger partial charge in [0.25, 0.3) is 0 Å². The first-order valence-electron chi connectivity index (χ1n) is 23.1. The van der Waals surface area contributed by atoms with E-state index in [4.69, 9.17) is 4.98 Å². The zero-order valence-electron chi connectivity index (χ0n) is 39.2. The van der Waals surface area contributed by atoms with E-state index in [2.05, 4.69) is 268 Å². The molecule has 0 amide bonds. The normalized spacial score (nSPS) is 12.9. The van der Waals surface area contributed by atoms with Crippen LogP contribution in [0.1, 0.15) is 52.7 Å². The van der Waals surface area contributed by atoms with Crippen molar-refractivity contribution in [3.05, 3.63) is 230 Å². The molecule has 2 aliphatic heterocycles. The van der Waals surface area contributed by atoms with Crippen LogP contribution in [0.25, 0.3) is 33.4 Å². The summed E-state index contributed by atoms with van der Waals surface area (Å²) in [7, 11) is 0. The van der Waals surface area contributed by atoms with Gasteiger partial charge in [0, 0.05) is 55.6 Å². The molecule has 0 bridgehead atoms. The summed E-state index contributed by atoms with van der Waals surface area (Å²) < 4.78 is 0. The van der Waals surface area contributed by atoms with Crippen molar-refractivity contribution in [2.45, 2.75) is 52.4 Å². The average molecular weight is 1060 g/mol. The molecule has 11 rings (SSSR count). The molecule has 338 valence electrons. The smallest absolute Gasteiger partial charge is 0.135 e. The predicted octanol–water partition coefficient (Wildman–Crippen LogP) is 16.9. The quantitative estimate of drug-likeness (QED) is 0.148. The number of aromatic nitrogens is 1. The van der Waals surface area contributed by atoms with Gasteiger partial charge in [0.1, 0.15) is 5.82 Å². The van der Waals surface area contributed by atoms with Crippen molar-refractivity contribution < 1.29 is 21.1 Å². The molecule has 0 fully saturated rings. The van der Waals surface area contributed by atoms with Gasteiger partial charge in [-0.2, -0.15) is 6.07 Å². The van der Waals surface area contributed by atoms with Crippen LogP contribution in [-0.2, 0) is 31.9 Å². The summed E-state index contributed by atoms with van der Waals surface area (Å²) in [6, 6.07) is 77.5. The van der Waals surface area contributed by atoms with Gasteiger partial charge in [0.2, 0.25) is 0 Å². The molecule has 9 aromatic rings. The van der Waals surface area contributed by atoms with Gasteiger partial charge >= 0.3 is 0 Å². The standard InChI is InChI=1S/C62H52N5.Pt/c1-61(2,3)45-38-48(64-42-65(58-30-18-17-29-57(58)64)56-28-16-15-27-54(56)62(4,5)6)40-49(39-45)66(46-23-11-8-12-24-46)47-33-34-52-50-25-13-14-26-51(50)53-37-44(43-21-9-7-10-22-43)32-35-55(53)67(59(52)41-47)60-31-19-20-36-63-60;/h7-39,42H,1-6H3;/q-3;. The van der Waals surface area contributed by atoms with E-state index in [0.29, 0.717) is 0 Å². The van der Waals surface area contributed by atoms with Crippen LogP contribution < -0.4 is 19.6 Å². The van der Waals surface area contributed by atoms with Crippen LogP contribution in [0, 0.1) is 18.8 Å². The largest absolute Gasteiger partial charge is 0.493 e.